The molecule has 2 amide bonds. The summed E-state index contributed by atoms with van der Waals surface area (Å²) in [4.78, 5) is 27.3. The Labute approximate surface area is 150 Å². The van der Waals surface area contributed by atoms with Crippen LogP contribution >= 0.6 is 0 Å². The normalized spacial score (nSPS) is 18.1. The first-order valence-electron chi connectivity index (χ1n) is 9.14. The van der Waals surface area contributed by atoms with Crippen LogP contribution in [0.4, 0.5) is 0 Å². The van der Waals surface area contributed by atoms with Crippen LogP contribution in [0.2, 0.25) is 0 Å². The lowest BCUT2D eigenvalue weighted by atomic mass is 9.91. The lowest BCUT2D eigenvalue weighted by Gasteiger charge is -2.36. The number of nitrogens with zero attached hydrogens (tertiary/aromatic N) is 1. The smallest absolute Gasteiger partial charge is 0.252 e. The van der Waals surface area contributed by atoms with Crippen LogP contribution in [0, 0.1) is 18.8 Å². The van der Waals surface area contributed by atoms with Crippen molar-refractivity contribution in [2.24, 2.45) is 11.8 Å². The minimum absolute atomic E-state index is 0.00922. The third kappa shape index (κ3) is 4.82. The van der Waals surface area contributed by atoms with Crippen molar-refractivity contribution in [2.75, 3.05) is 13.1 Å². The summed E-state index contributed by atoms with van der Waals surface area (Å²) in [5.74, 6) is 0.0306. The molecule has 138 valence electrons. The van der Waals surface area contributed by atoms with Crippen LogP contribution in [0.1, 0.15) is 49.5 Å². The minimum Gasteiger partial charge on any atom is -0.393 e. The first-order valence-corrected chi connectivity index (χ1v) is 9.14. The molecule has 1 aliphatic heterocycles. The molecule has 2 atom stereocenters. The van der Waals surface area contributed by atoms with Crippen molar-refractivity contribution in [2.45, 2.75) is 52.7 Å². The van der Waals surface area contributed by atoms with Gasteiger partial charge in [-0.15, -0.1) is 0 Å². The maximum absolute atomic E-state index is 12.9. The third-order valence-electron chi connectivity index (χ3n) is 5.14. The Morgan fingerprint density at radius 1 is 1.16 bits per heavy atom. The molecule has 1 aromatic carbocycles. The van der Waals surface area contributed by atoms with Crippen molar-refractivity contribution in [1.29, 1.82) is 0 Å². The van der Waals surface area contributed by atoms with Crippen LogP contribution in [-0.2, 0) is 4.79 Å². The highest BCUT2D eigenvalue weighted by Gasteiger charge is 2.32. The largest absolute Gasteiger partial charge is 0.393 e. The van der Waals surface area contributed by atoms with E-state index in [1.807, 2.05) is 50.8 Å². The van der Waals surface area contributed by atoms with E-state index in [4.69, 9.17) is 0 Å². The Hall–Kier alpha value is -1.88. The molecule has 2 rings (SSSR count). The summed E-state index contributed by atoms with van der Waals surface area (Å²) < 4.78 is 0. The van der Waals surface area contributed by atoms with Crippen molar-refractivity contribution in [1.82, 2.24) is 10.2 Å². The molecule has 25 heavy (non-hydrogen) atoms. The third-order valence-corrected chi connectivity index (χ3v) is 5.14. The van der Waals surface area contributed by atoms with E-state index in [9.17, 15) is 14.7 Å². The van der Waals surface area contributed by atoms with E-state index in [1.54, 1.807) is 6.07 Å². The van der Waals surface area contributed by atoms with E-state index < -0.39 is 6.04 Å². The monoisotopic (exact) mass is 346 g/mol. The van der Waals surface area contributed by atoms with Gasteiger partial charge in [-0.2, -0.15) is 0 Å². The topological polar surface area (TPSA) is 69.6 Å². The van der Waals surface area contributed by atoms with Gasteiger partial charge in [0, 0.05) is 18.7 Å². The van der Waals surface area contributed by atoms with E-state index in [0.717, 1.165) is 18.4 Å². The average Bonchev–Trinajstić information content (AvgIpc) is 2.59. The summed E-state index contributed by atoms with van der Waals surface area (Å²) >= 11 is 0. The zero-order valence-electron chi connectivity index (χ0n) is 15.7. The molecule has 1 fully saturated rings. The van der Waals surface area contributed by atoms with Crippen molar-refractivity contribution >= 4 is 11.8 Å². The number of benzene rings is 1. The number of aliphatic hydroxyl groups excluding tert-OH is 1. The van der Waals surface area contributed by atoms with E-state index in [1.165, 1.54) is 0 Å². The van der Waals surface area contributed by atoms with E-state index in [-0.39, 0.29) is 29.8 Å². The highest BCUT2D eigenvalue weighted by molar-refractivity contribution is 5.98. The Bertz CT molecular complexity index is 605. The molecule has 2 N–H and O–H groups in total. The average molecular weight is 346 g/mol. The zero-order chi connectivity index (χ0) is 18.6. The second-order valence-corrected chi connectivity index (χ2v) is 7.41. The predicted molar refractivity (Wildman–Crippen MR) is 98.3 cm³/mol. The van der Waals surface area contributed by atoms with Crippen LogP contribution in [0.25, 0.3) is 0 Å². The summed E-state index contributed by atoms with van der Waals surface area (Å²) in [7, 11) is 0. The van der Waals surface area contributed by atoms with Gasteiger partial charge in [-0.3, -0.25) is 9.59 Å². The lowest BCUT2D eigenvalue weighted by Crippen LogP contribution is -2.53. The van der Waals surface area contributed by atoms with Crippen LogP contribution in [0.15, 0.2) is 24.3 Å². The molecule has 0 saturated carbocycles. The summed E-state index contributed by atoms with van der Waals surface area (Å²) in [5, 5.41) is 12.6. The summed E-state index contributed by atoms with van der Waals surface area (Å²) in [5.41, 5.74) is 1.50. The molecule has 5 heteroatoms. The number of amides is 2. The first kappa shape index (κ1) is 19.4. The van der Waals surface area contributed by atoms with Gasteiger partial charge in [-0.25, -0.2) is 0 Å². The van der Waals surface area contributed by atoms with Crippen molar-refractivity contribution in [3.8, 4) is 0 Å². The van der Waals surface area contributed by atoms with Crippen LogP contribution < -0.4 is 5.32 Å². The molecule has 0 aliphatic carbocycles. The number of nitrogens with one attached hydrogen (secondary N) is 1. The molecule has 1 saturated heterocycles. The SMILES string of the molecule is Cc1ccccc1C(=O)NC(C(=O)N1CCC(C(C)O)CC1)C(C)C. The van der Waals surface area contributed by atoms with Crippen molar-refractivity contribution in [3.05, 3.63) is 35.4 Å². The Morgan fingerprint density at radius 2 is 1.76 bits per heavy atom. The number of hydrogen-bond donors (Lipinski definition) is 2. The molecule has 1 aromatic rings. The van der Waals surface area contributed by atoms with Gasteiger partial charge in [0.2, 0.25) is 5.91 Å². The first-order chi connectivity index (χ1) is 11.8. The highest BCUT2D eigenvalue weighted by atomic mass is 16.3. The van der Waals surface area contributed by atoms with Crippen molar-refractivity contribution in [3.63, 3.8) is 0 Å². The summed E-state index contributed by atoms with van der Waals surface area (Å²) in [6.07, 6.45) is 1.28. The van der Waals surface area contributed by atoms with E-state index in [2.05, 4.69) is 5.32 Å². The predicted octanol–water partition coefficient (Wildman–Crippen LogP) is 2.37. The molecular weight excluding hydrogens is 316 g/mol. The maximum Gasteiger partial charge on any atom is 0.252 e. The van der Waals surface area contributed by atoms with Gasteiger partial charge in [0.05, 0.1) is 6.10 Å². The number of carbonyl (C=O) groups excluding carboxylic acids is 2. The molecule has 0 spiro atoms. The lowest BCUT2D eigenvalue weighted by molar-refractivity contribution is -0.136. The second kappa shape index (κ2) is 8.48. The number of carbonyl (C=O) groups is 2. The van der Waals surface area contributed by atoms with Crippen LogP contribution in [0.5, 0.6) is 0 Å². The standard InChI is InChI=1S/C20H30N2O3/c1-13(2)18(21-19(24)17-8-6-5-7-14(17)3)20(25)22-11-9-16(10-12-22)15(4)23/h5-8,13,15-16,18,23H,9-12H2,1-4H3,(H,21,24). The Morgan fingerprint density at radius 3 is 2.28 bits per heavy atom. The summed E-state index contributed by atoms with van der Waals surface area (Å²) in [6, 6.07) is 6.86. The van der Waals surface area contributed by atoms with E-state index >= 15 is 0 Å². The van der Waals surface area contributed by atoms with Crippen LogP contribution in [0.3, 0.4) is 0 Å². The maximum atomic E-state index is 12.9. The number of hydrogen-bond acceptors (Lipinski definition) is 3. The second-order valence-electron chi connectivity index (χ2n) is 7.41. The van der Waals surface area contributed by atoms with Gasteiger partial charge in [0.25, 0.3) is 5.91 Å². The quantitative estimate of drug-likeness (QED) is 0.860. The van der Waals surface area contributed by atoms with Gasteiger partial charge in [-0.05, 0) is 50.2 Å². The fraction of sp³-hybridized carbons (Fsp3) is 0.600. The number of piperidine rings is 1. The number of aliphatic hydroxyl groups is 1. The fourth-order valence-electron chi connectivity index (χ4n) is 3.36. The molecule has 0 radical (unpaired) electrons. The molecule has 0 aromatic heterocycles. The highest BCUT2D eigenvalue weighted by Crippen LogP contribution is 2.22. The van der Waals surface area contributed by atoms with Gasteiger partial charge in [0.1, 0.15) is 6.04 Å². The minimum atomic E-state index is -0.532. The Balaban J connectivity index is 2.04. The molecule has 0 bridgehead atoms. The summed E-state index contributed by atoms with van der Waals surface area (Å²) in [6.45, 7) is 8.87. The van der Waals surface area contributed by atoms with Crippen molar-refractivity contribution < 1.29 is 14.7 Å². The molecule has 1 aliphatic rings. The number of likely N-dealkylation sites (tertiary alicyclic amines) is 1. The van der Waals surface area contributed by atoms with Gasteiger partial charge in [-0.1, -0.05) is 32.0 Å². The molecule has 5 nitrogen and oxygen atoms in total. The zero-order valence-corrected chi connectivity index (χ0v) is 15.7. The number of aryl methyl sites for hydroxylation is 1. The fourth-order valence-corrected chi connectivity index (χ4v) is 3.36. The molecular formula is C20H30N2O3. The van der Waals surface area contributed by atoms with Gasteiger partial charge < -0.3 is 15.3 Å². The molecule has 1 heterocycles. The van der Waals surface area contributed by atoms with Crippen LogP contribution in [-0.4, -0.2) is 47.1 Å². The van der Waals surface area contributed by atoms with Gasteiger partial charge in [0.15, 0.2) is 0 Å². The van der Waals surface area contributed by atoms with Gasteiger partial charge >= 0.3 is 0 Å². The number of rotatable bonds is 5. The Kier molecular flexibility index (Phi) is 6.59. The molecule has 2 unspecified atom stereocenters. The van der Waals surface area contributed by atoms with E-state index in [0.29, 0.717) is 18.7 Å².